The summed E-state index contributed by atoms with van der Waals surface area (Å²) in [6, 6.07) is 5.93. The first-order chi connectivity index (χ1) is 16.8. The Hall–Kier alpha value is -3.31. The number of likely N-dealkylation sites (tertiary alicyclic amines) is 1. The predicted molar refractivity (Wildman–Crippen MR) is 130 cm³/mol. The summed E-state index contributed by atoms with van der Waals surface area (Å²) < 4.78 is 54.8. The second-order valence-electron chi connectivity index (χ2n) is 8.09. The number of nitrogens with one attached hydrogen (secondary N) is 3. The van der Waals surface area contributed by atoms with E-state index in [-0.39, 0.29) is 46.5 Å². The number of halogens is 6. The van der Waals surface area contributed by atoms with Gasteiger partial charge in [-0.15, -0.1) is 0 Å². The van der Waals surface area contributed by atoms with Crippen molar-refractivity contribution < 1.29 is 27.2 Å². The van der Waals surface area contributed by atoms with Crippen LogP contribution in [0, 0.1) is 11.2 Å². The Balaban J connectivity index is 2.12. The summed E-state index contributed by atoms with van der Waals surface area (Å²) in [6.07, 6.45) is -3.67. The minimum atomic E-state index is -4.95. The Morgan fingerprint density at radius 2 is 1.94 bits per heavy atom. The molecule has 1 saturated heterocycles. The Labute approximate surface area is 213 Å². The van der Waals surface area contributed by atoms with Crippen LogP contribution in [0.2, 0.25) is 10.0 Å². The van der Waals surface area contributed by atoms with E-state index in [1.165, 1.54) is 23.1 Å². The second-order valence-corrected chi connectivity index (χ2v) is 8.88. The van der Waals surface area contributed by atoms with Crippen molar-refractivity contribution in [1.82, 2.24) is 4.90 Å². The van der Waals surface area contributed by atoms with Gasteiger partial charge in [0.05, 0.1) is 22.1 Å². The third kappa shape index (κ3) is 5.57. The van der Waals surface area contributed by atoms with Gasteiger partial charge >= 0.3 is 6.18 Å². The number of anilines is 2. The molecule has 1 aliphatic heterocycles. The van der Waals surface area contributed by atoms with E-state index in [0.717, 1.165) is 18.2 Å². The number of amides is 2. The lowest BCUT2D eigenvalue weighted by Gasteiger charge is -2.34. The smallest absolute Gasteiger partial charge is 0.376 e. The molecule has 7 nitrogen and oxygen atoms in total. The van der Waals surface area contributed by atoms with Crippen molar-refractivity contribution in [2.24, 2.45) is 5.73 Å². The Morgan fingerprint density at radius 3 is 2.56 bits per heavy atom. The molecule has 1 unspecified atom stereocenters. The van der Waals surface area contributed by atoms with E-state index >= 15 is 4.39 Å². The van der Waals surface area contributed by atoms with Gasteiger partial charge in [-0.2, -0.15) is 13.2 Å². The molecule has 192 valence electrons. The number of benzene rings is 2. The normalized spacial score (nSPS) is 17.6. The quantitative estimate of drug-likeness (QED) is 0.167. The third-order valence-electron chi connectivity index (χ3n) is 5.69. The molecule has 1 fully saturated rings. The maximum atomic E-state index is 15.1. The molecule has 0 bridgehead atoms. The maximum Gasteiger partial charge on any atom is 0.433 e. The van der Waals surface area contributed by atoms with Gasteiger partial charge in [-0.1, -0.05) is 29.8 Å². The summed E-state index contributed by atoms with van der Waals surface area (Å²) in [7, 11) is 0. The zero-order chi connectivity index (χ0) is 26.8. The number of hydrogen-bond donors (Lipinski definition) is 4. The van der Waals surface area contributed by atoms with Crippen LogP contribution in [0.1, 0.15) is 17.5 Å². The van der Waals surface area contributed by atoms with E-state index in [2.05, 4.69) is 17.2 Å². The van der Waals surface area contributed by atoms with E-state index < -0.39 is 47.2 Å². The molecule has 1 aliphatic rings. The van der Waals surface area contributed by atoms with Gasteiger partial charge in [0.2, 0.25) is 11.8 Å². The first-order valence-corrected chi connectivity index (χ1v) is 11.2. The van der Waals surface area contributed by atoms with Gasteiger partial charge in [-0.25, -0.2) is 4.39 Å². The van der Waals surface area contributed by atoms with Crippen LogP contribution in [0.15, 0.2) is 43.0 Å². The minimum Gasteiger partial charge on any atom is -0.376 e. The molecule has 2 aromatic rings. The van der Waals surface area contributed by atoms with Crippen molar-refractivity contribution in [3.05, 3.63) is 70.0 Å². The van der Waals surface area contributed by atoms with Crippen LogP contribution in [0.3, 0.4) is 0 Å². The van der Waals surface area contributed by atoms with Crippen LogP contribution >= 0.6 is 23.2 Å². The van der Waals surface area contributed by atoms with Crippen LogP contribution in [0.5, 0.6) is 0 Å². The summed E-state index contributed by atoms with van der Waals surface area (Å²) in [5, 5.41) is 13.1. The molecule has 3 rings (SSSR count). The first kappa shape index (κ1) is 27.3. The number of carbonyl (C=O) groups excluding carboxylic acids is 2. The molecular weight excluding hydrogens is 525 g/mol. The molecule has 5 N–H and O–H groups in total. The summed E-state index contributed by atoms with van der Waals surface area (Å²) in [4.78, 5) is 24.9. The second kappa shape index (κ2) is 10.4. The minimum absolute atomic E-state index is 0.0187. The SMILES string of the molecule is C=CC(=O)N1CCC(Nc2ccc(C(=N)C(F)(F)F)c(NCC(N)=O)c2)(c2c(F)ccc(Cl)c2Cl)C1. The fraction of sp³-hybridized carbons (Fsp3) is 0.261. The molecule has 2 amide bonds. The molecule has 36 heavy (non-hydrogen) atoms. The highest BCUT2D eigenvalue weighted by molar-refractivity contribution is 6.42. The van der Waals surface area contributed by atoms with Crippen LogP contribution < -0.4 is 16.4 Å². The van der Waals surface area contributed by atoms with Crippen LogP contribution in [0.4, 0.5) is 28.9 Å². The molecule has 1 heterocycles. The lowest BCUT2D eigenvalue weighted by atomic mass is 9.87. The Morgan fingerprint density at radius 1 is 1.25 bits per heavy atom. The molecule has 0 aliphatic carbocycles. The largest absolute Gasteiger partial charge is 0.433 e. The van der Waals surface area contributed by atoms with Crippen molar-refractivity contribution in [3.63, 3.8) is 0 Å². The van der Waals surface area contributed by atoms with Crippen molar-refractivity contribution in [3.8, 4) is 0 Å². The van der Waals surface area contributed by atoms with E-state index in [9.17, 15) is 22.8 Å². The van der Waals surface area contributed by atoms with E-state index in [1.54, 1.807) is 0 Å². The molecule has 0 spiro atoms. The van der Waals surface area contributed by atoms with Crippen LogP contribution in [-0.2, 0) is 15.1 Å². The molecule has 0 radical (unpaired) electrons. The van der Waals surface area contributed by atoms with Gasteiger partial charge in [0, 0.05) is 35.6 Å². The lowest BCUT2D eigenvalue weighted by Crippen LogP contribution is -2.41. The lowest BCUT2D eigenvalue weighted by molar-refractivity contribution is -0.125. The molecular formula is C23H21Cl2F4N5O2. The van der Waals surface area contributed by atoms with Gasteiger partial charge in [0.1, 0.15) is 11.5 Å². The van der Waals surface area contributed by atoms with Crippen LogP contribution in [0.25, 0.3) is 0 Å². The summed E-state index contributed by atoms with van der Waals surface area (Å²) in [5.74, 6) is -1.95. The summed E-state index contributed by atoms with van der Waals surface area (Å²) in [5.41, 5.74) is 1.62. The number of nitrogens with two attached hydrogens (primary N) is 1. The number of carbonyl (C=O) groups is 2. The number of hydrogen-bond acceptors (Lipinski definition) is 5. The van der Waals surface area contributed by atoms with Gasteiger partial charge in [-0.05, 0) is 42.8 Å². The van der Waals surface area contributed by atoms with Crippen molar-refractivity contribution in [2.45, 2.75) is 18.1 Å². The summed E-state index contributed by atoms with van der Waals surface area (Å²) in [6.45, 7) is 3.10. The van der Waals surface area contributed by atoms with E-state index in [4.69, 9.17) is 34.3 Å². The zero-order valence-electron chi connectivity index (χ0n) is 18.6. The third-order valence-corrected chi connectivity index (χ3v) is 6.49. The Bertz CT molecular complexity index is 1240. The average molecular weight is 546 g/mol. The standard InChI is InChI=1S/C23H21Cl2F4N5O2/c1-2-18(36)34-8-7-22(11-34,19-15(26)6-5-14(24)20(19)25)33-12-3-4-13(21(31)23(27,28)29)16(9-12)32-10-17(30)35/h2-6,9,31-33H,1,7-8,10-11H2,(H2,30,35). The highest BCUT2D eigenvalue weighted by Crippen LogP contribution is 2.43. The first-order valence-electron chi connectivity index (χ1n) is 10.4. The number of nitrogens with zero attached hydrogens (tertiary/aromatic N) is 1. The van der Waals surface area contributed by atoms with Crippen molar-refractivity contribution >= 4 is 52.1 Å². The number of alkyl halides is 3. The monoisotopic (exact) mass is 545 g/mol. The van der Waals surface area contributed by atoms with Gasteiger partial charge < -0.3 is 21.3 Å². The predicted octanol–water partition coefficient (Wildman–Crippen LogP) is 4.69. The summed E-state index contributed by atoms with van der Waals surface area (Å²) >= 11 is 12.5. The molecule has 0 saturated carbocycles. The average Bonchev–Trinajstić information content (AvgIpc) is 3.23. The highest BCUT2D eigenvalue weighted by atomic mass is 35.5. The van der Waals surface area contributed by atoms with Crippen molar-refractivity contribution in [2.75, 3.05) is 30.3 Å². The fourth-order valence-electron chi connectivity index (χ4n) is 4.06. The van der Waals surface area contributed by atoms with E-state index in [1.807, 2.05) is 0 Å². The van der Waals surface area contributed by atoms with Gasteiger partial charge in [0.25, 0.3) is 0 Å². The van der Waals surface area contributed by atoms with Crippen LogP contribution in [-0.4, -0.2) is 48.2 Å². The Kier molecular flexibility index (Phi) is 7.85. The van der Waals surface area contributed by atoms with Gasteiger partial charge in [-0.3, -0.25) is 15.0 Å². The van der Waals surface area contributed by atoms with Crippen molar-refractivity contribution in [1.29, 1.82) is 5.41 Å². The molecule has 13 heteroatoms. The molecule has 2 aromatic carbocycles. The van der Waals surface area contributed by atoms with E-state index in [0.29, 0.717) is 0 Å². The molecule has 1 atom stereocenters. The maximum absolute atomic E-state index is 15.1. The highest BCUT2D eigenvalue weighted by Gasteiger charge is 2.45. The fourth-order valence-corrected chi connectivity index (χ4v) is 4.55. The molecule has 0 aromatic heterocycles. The van der Waals surface area contributed by atoms with Gasteiger partial charge in [0.15, 0.2) is 0 Å². The topological polar surface area (TPSA) is 111 Å². The zero-order valence-corrected chi connectivity index (χ0v) is 20.1. The number of rotatable bonds is 8. The number of primary amides is 1.